The molecule has 7 heteroatoms. The highest BCUT2D eigenvalue weighted by Gasteiger charge is 2.23. The van der Waals surface area contributed by atoms with E-state index in [1.54, 1.807) is 46.1 Å². The van der Waals surface area contributed by atoms with Crippen LogP contribution in [0.25, 0.3) is 6.08 Å². The van der Waals surface area contributed by atoms with Crippen LogP contribution in [0.1, 0.15) is 30.5 Å². The summed E-state index contributed by atoms with van der Waals surface area (Å²) >= 11 is 0. The second-order valence-electron chi connectivity index (χ2n) is 6.64. The van der Waals surface area contributed by atoms with Crippen LogP contribution in [0.15, 0.2) is 47.4 Å². The van der Waals surface area contributed by atoms with Crippen LogP contribution in [0.5, 0.6) is 5.75 Å². The topological polar surface area (TPSA) is 75.7 Å². The van der Waals surface area contributed by atoms with E-state index < -0.39 is 10.0 Å². The number of ether oxygens (including phenoxy) is 1. The average molecular weight is 417 g/mol. The van der Waals surface area contributed by atoms with E-state index in [0.717, 1.165) is 11.1 Å². The van der Waals surface area contributed by atoms with E-state index in [0.29, 0.717) is 30.1 Å². The maximum atomic E-state index is 12.9. The van der Waals surface area contributed by atoms with Crippen LogP contribution in [-0.4, -0.2) is 38.8 Å². The van der Waals surface area contributed by atoms with Gasteiger partial charge in [0.05, 0.1) is 12.0 Å². The van der Waals surface area contributed by atoms with Gasteiger partial charge >= 0.3 is 0 Å². The lowest BCUT2D eigenvalue weighted by Gasteiger charge is -2.20. The maximum Gasteiger partial charge on any atom is 0.248 e. The Morgan fingerprint density at radius 3 is 2.41 bits per heavy atom. The van der Waals surface area contributed by atoms with Gasteiger partial charge in [-0.15, -0.1) is 0 Å². The standard InChI is InChI=1S/C22H28N2O4S/c1-6-24(7-2)29(26,27)21-15-19(11-9-17(21)4)23-22(25)13-10-18-14-16(3)8-12-20(18)28-5/h8-15H,6-7H2,1-5H3,(H,23,25)/b13-10+. The van der Waals surface area contributed by atoms with Crippen molar-refractivity contribution in [2.45, 2.75) is 32.6 Å². The van der Waals surface area contributed by atoms with Gasteiger partial charge in [0.2, 0.25) is 15.9 Å². The van der Waals surface area contributed by atoms with Gasteiger partial charge in [-0.1, -0.05) is 31.5 Å². The Morgan fingerprint density at radius 2 is 1.79 bits per heavy atom. The molecule has 0 aliphatic rings. The first-order valence-corrected chi connectivity index (χ1v) is 10.9. The highest BCUT2D eigenvalue weighted by atomic mass is 32.2. The minimum atomic E-state index is -3.61. The third-order valence-electron chi connectivity index (χ3n) is 4.58. The van der Waals surface area contributed by atoms with Gasteiger partial charge in [0, 0.05) is 30.4 Å². The molecule has 2 aromatic carbocycles. The summed E-state index contributed by atoms with van der Waals surface area (Å²) in [6.45, 7) is 8.07. The van der Waals surface area contributed by atoms with Gasteiger partial charge in [0.1, 0.15) is 5.75 Å². The lowest BCUT2D eigenvalue weighted by Crippen LogP contribution is -2.31. The van der Waals surface area contributed by atoms with Crippen molar-refractivity contribution in [1.29, 1.82) is 0 Å². The zero-order valence-corrected chi connectivity index (χ0v) is 18.3. The van der Waals surface area contributed by atoms with E-state index in [1.807, 2.05) is 25.1 Å². The number of carbonyl (C=O) groups excluding carboxylic acids is 1. The van der Waals surface area contributed by atoms with Crippen LogP contribution in [0, 0.1) is 13.8 Å². The largest absolute Gasteiger partial charge is 0.496 e. The molecule has 29 heavy (non-hydrogen) atoms. The van der Waals surface area contributed by atoms with Crippen LogP contribution < -0.4 is 10.1 Å². The van der Waals surface area contributed by atoms with Gasteiger partial charge < -0.3 is 10.1 Å². The zero-order valence-electron chi connectivity index (χ0n) is 17.5. The summed E-state index contributed by atoms with van der Waals surface area (Å²) in [4.78, 5) is 12.6. The molecular formula is C22H28N2O4S. The van der Waals surface area contributed by atoms with E-state index in [4.69, 9.17) is 4.74 Å². The molecule has 6 nitrogen and oxygen atoms in total. The van der Waals surface area contributed by atoms with Crippen molar-refractivity contribution < 1.29 is 17.9 Å². The molecule has 0 saturated carbocycles. The first kappa shape index (κ1) is 22.6. The molecule has 156 valence electrons. The number of benzene rings is 2. The fourth-order valence-corrected chi connectivity index (χ4v) is 4.70. The summed E-state index contributed by atoms with van der Waals surface area (Å²) in [5.41, 5.74) is 2.90. The normalized spacial score (nSPS) is 11.8. The summed E-state index contributed by atoms with van der Waals surface area (Å²) in [5.74, 6) is 0.311. The Bertz CT molecular complexity index is 1010. The number of carbonyl (C=O) groups is 1. The molecular weight excluding hydrogens is 388 g/mol. The predicted octanol–water partition coefficient (Wildman–Crippen LogP) is 3.99. The highest BCUT2D eigenvalue weighted by Crippen LogP contribution is 2.24. The molecule has 0 aliphatic heterocycles. The number of methoxy groups -OCH3 is 1. The van der Waals surface area contributed by atoms with E-state index in [9.17, 15) is 13.2 Å². The lowest BCUT2D eigenvalue weighted by molar-refractivity contribution is -0.111. The first-order valence-electron chi connectivity index (χ1n) is 9.47. The molecule has 1 amide bonds. The van der Waals surface area contributed by atoms with Crippen molar-refractivity contribution in [3.05, 3.63) is 59.2 Å². The van der Waals surface area contributed by atoms with Gasteiger partial charge in [-0.2, -0.15) is 4.31 Å². The smallest absolute Gasteiger partial charge is 0.248 e. The molecule has 2 rings (SSSR count). The average Bonchev–Trinajstić information content (AvgIpc) is 2.68. The maximum absolute atomic E-state index is 12.9. The monoisotopic (exact) mass is 416 g/mol. The second-order valence-corrected chi connectivity index (χ2v) is 8.54. The van der Waals surface area contributed by atoms with Crippen molar-refractivity contribution in [3.63, 3.8) is 0 Å². The Balaban J connectivity index is 2.25. The Morgan fingerprint density at radius 1 is 1.10 bits per heavy atom. The molecule has 0 spiro atoms. The minimum absolute atomic E-state index is 0.198. The third-order valence-corrected chi connectivity index (χ3v) is 6.77. The molecule has 0 saturated heterocycles. The van der Waals surface area contributed by atoms with Crippen molar-refractivity contribution in [1.82, 2.24) is 4.31 Å². The summed E-state index contributed by atoms with van der Waals surface area (Å²) in [7, 11) is -2.04. The number of nitrogens with zero attached hydrogens (tertiary/aromatic N) is 1. The molecule has 0 unspecified atom stereocenters. The molecule has 1 N–H and O–H groups in total. The van der Waals surface area contributed by atoms with Gasteiger partial charge in [0.15, 0.2) is 0 Å². The molecule has 0 heterocycles. The SMILES string of the molecule is CCN(CC)S(=O)(=O)c1cc(NC(=O)/C=C/c2cc(C)ccc2OC)ccc1C. The fourth-order valence-electron chi connectivity index (χ4n) is 2.99. The Kier molecular flexibility index (Phi) is 7.59. The number of anilines is 1. The predicted molar refractivity (Wildman–Crippen MR) is 117 cm³/mol. The second kappa shape index (κ2) is 9.71. The molecule has 0 aliphatic carbocycles. The molecule has 0 bridgehead atoms. The van der Waals surface area contributed by atoms with Crippen molar-refractivity contribution in [2.24, 2.45) is 0 Å². The van der Waals surface area contributed by atoms with Crippen LogP contribution in [-0.2, 0) is 14.8 Å². The number of aryl methyl sites for hydroxylation is 2. The van der Waals surface area contributed by atoms with E-state index in [2.05, 4.69) is 5.32 Å². The van der Waals surface area contributed by atoms with E-state index in [1.165, 1.54) is 16.4 Å². The first-order chi connectivity index (χ1) is 13.7. The summed E-state index contributed by atoms with van der Waals surface area (Å²) in [6.07, 6.45) is 3.07. The van der Waals surface area contributed by atoms with Crippen LogP contribution >= 0.6 is 0 Å². The summed E-state index contributed by atoms with van der Waals surface area (Å²) in [6, 6.07) is 10.6. The quantitative estimate of drug-likeness (QED) is 0.660. The zero-order chi connectivity index (χ0) is 21.6. The van der Waals surface area contributed by atoms with Crippen molar-refractivity contribution >= 4 is 27.7 Å². The number of sulfonamides is 1. The molecule has 0 radical (unpaired) electrons. The summed E-state index contributed by atoms with van der Waals surface area (Å²) in [5, 5.41) is 2.73. The minimum Gasteiger partial charge on any atom is -0.496 e. The lowest BCUT2D eigenvalue weighted by atomic mass is 10.1. The van der Waals surface area contributed by atoms with E-state index in [-0.39, 0.29) is 10.8 Å². The number of hydrogen-bond acceptors (Lipinski definition) is 4. The number of hydrogen-bond donors (Lipinski definition) is 1. The van der Waals surface area contributed by atoms with Gasteiger partial charge in [-0.3, -0.25) is 4.79 Å². The van der Waals surface area contributed by atoms with Gasteiger partial charge in [0.25, 0.3) is 0 Å². The number of nitrogens with one attached hydrogen (secondary N) is 1. The van der Waals surface area contributed by atoms with Gasteiger partial charge in [-0.05, 0) is 49.8 Å². The number of rotatable bonds is 8. The Labute approximate surface area is 173 Å². The molecule has 0 aromatic heterocycles. The summed E-state index contributed by atoms with van der Waals surface area (Å²) < 4.78 is 32.4. The molecule has 2 aromatic rings. The number of amides is 1. The highest BCUT2D eigenvalue weighted by molar-refractivity contribution is 7.89. The third kappa shape index (κ3) is 5.46. The fraction of sp³-hybridized carbons (Fsp3) is 0.318. The van der Waals surface area contributed by atoms with Crippen LogP contribution in [0.2, 0.25) is 0 Å². The molecule has 0 atom stereocenters. The van der Waals surface area contributed by atoms with E-state index >= 15 is 0 Å². The molecule has 0 fully saturated rings. The Hall–Kier alpha value is -2.64. The van der Waals surface area contributed by atoms with Gasteiger partial charge in [-0.25, -0.2) is 8.42 Å². The van der Waals surface area contributed by atoms with Crippen molar-refractivity contribution in [3.8, 4) is 5.75 Å². The van der Waals surface area contributed by atoms with Crippen molar-refractivity contribution in [2.75, 3.05) is 25.5 Å². The van der Waals surface area contributed by atoms with Crippen LogP contribution in [0.3, 0.4) is 0 Å². The van der Waals surface area contributed by atoms with Crippen LogP contribution in [0.4, 0.5) is 5.69 Å².